The molecule has 1 aromatic heterocycles. The van der Waals surface area contributed by atoms with Crippen LogP contribution in [0.15, 0.2) is 168 Å². The molecule has 0 bridgehead atoms. The molecule has 0 radical (unpaired) electrons. The zero-order chi connectivity index (χ0) is 29.0. The molecule has 0 saturated carbocycles. The molecule has 0 aliphatic rings. The van der Waals surface area contributed by atoms with E-state index < -0.39 is 0 Å². The van der Waals surface area contributed by atoms with Gasteiger partial charge in [-0.05, 0) is 80.3 Å². The first-order valence-corrected chi connectivity index (χ1v) is 15.0. The summed E-state index contributed by atoms with van der Waals surface area (Å²) in [7, 11) is 0. The fraction of sp³-hybridized carbons (Fsp3) is 0. The summed E-state index contributed by atoms with van der Waals surface area (Å²) in [5.41, 5.74) is 7.32. The Labute approximate surface area is 255 Å². The maximum Gasteiger partial charge on any atom is 0.145 e. The van der Waals surface area contributed by atoms with Gasteiger partial charge >= 0.3 is 0 Å². The molecule has 0 amide bonds. The normalized spacial score (nSPS) is 11.6. The number of hydrogen-bond donors (Lipinski definition) is 0. The van der Waals surface area contributed by atoms with E-state index in [1.165, 1.54) is 37.9 Å². The molecule has 1 heterocycles. The lowest BCUT2D eigenvalue weighted by atomic mass is 9.95. The third kappa shape index (κ3) is 3.82. The van der Waals surface area contributed by atoms with Gasteiger partial charge in [0.1, 0.15) is 11.2 Å². The highest BCUT2D eigenvalue weighted by molar-refractivity contribution is 6.19. The zero-order valence-electron chi connectivity index (χ0n) is 23.9. The van der Waals surface area contributed by atoms with Crippen molar-refractivity contribution in [2.45, 2.75) is 0 Å². The minimum absolute atomic E-state index is 0.884. The molecule has 0 spiro atoms. The van der Waals surface area contributed by atoms with Gasteiger partial charge in [0.25, 0.3) is 0 Å². The third-order valence-corrected chi connectivity index (χ3v) is 8.83. The van der Waals surface area contributed by atoms with Crippen molar-refractivity contribution in [1.82, 2.24) is 0 Å². The second-order valence-electron chi connectivity index (χ2n) is 11.3. The van der Waals surface area contributed by atoms with Crippen molar-refractivity contribution in [1.29, 1.82) is 0 Å². The van der Waals surface area contributed by atoms with E-state index in [-0.39, 0.29) is 0 Å². The van der Waals surface area contributed by atoms with Crippen molar-refractivity contribution in [2.75, 3.05) is 4.90 Å². The number of benzene rings is 8. The lowest BCUT2D eigenvalue weighted by molar-refractivity contribution is 0.670. The van der Waals surface area contributed by atoms with Crippen LogP contribution in [0, 0.1) is 0 Å². The highest BCUT2D eigenvalue weighted by Gasteiger charge is 2.22. The van der Waals surface area contributed by atoms with Crippen LogP contribution in [-0.4, -0.2) is 0 Å². The third-order valence-electron chi connectivity index (χ3n) is 8.83. The predicted molar refractivity (Wildman–Crippen MR) is 186 cm³/mol. The number of hydrogen-bond acceptors (Lipinski definition) is 2. The summed E-state index contributed by atoms with van der Waals surface area (Å²) in [6.07, 6.45) is 0. The van der Waals surface area contributed by atoms with Crippen LogP contribution in [0.2, 0.25) is 0 Å². The Bertz CT molecular complexity index is 2500. The molecule has 2 nitrogen and oxygen atoms in total. The Morgan fingerprint density at radius 3 is 1.91 bits per heavy atom. The lowest BCUT2D eigenvalue weighted by Gasteiger charge is -2.27. The van der Waals surface area contributed by atoms with E-state index in [0.29, 0.717) is 0 Å². The fourth-order valence-electron chi connectivity index (χ4n) is 6.81. The van der Waals surface area contributed by atoms with Crippen molar-refractivity contribution in [3.8, 4) is 11.1 Å². The molecule has 0 aliphatic heterocycles. The minimum Gasteiger partial charge on any atom is -0.455 e. The summed E-state index contributed by atoms with van der Waals surface area (Å²) < 4.78 is 6.74. The molecular formula is C42H27NO. The van der Waals surface area contributed by atoms with E-state index in [0.717, 1.165) is 44.6 Å². The Balaban J connectivity index is 1.34. The van der Waals surface area contributed by atoms with Crippen LogP contribution in [-0.2, 0) is 0 Å². The Kier molecular flexibility index (Phi) is 5.54. The van der Waals surface area contributed by atoms with Crippen LogP contribution in [0.25, 0.3) is 65.4 Å². The van der Waals surface area contributed by atoms with Crippen molar-refractivity contribution in [2.24, 2.45) is 0 Å². The van der Waals surface area contributed by atoms with Gasteiger partial charge in [0.05, 0.1) is 11.1 Å². The van der Waals surface area contributed by atoms with E-state index in [1.807, 2.05) is 6.07 Å². The minimum atomic E-state index is 0.884. The first kappa shape index (κ1) is 24.7. The second-order valence-corrected chi connectivity index (χ2v) is 11.3. The van der Waals surface area contributed by atoms with E-state index in [2.05, 4.69) is 163 Å². The van der Waals surface area contributed by atoms with E-state index >= 15 is 0 Å². The van der Waals surface area contributed by atoms with E-state index in [9.17, 15) is 0 Å². The van der Waals surface area contributed by atoms with Gasteiger partial charge in [-0.15, -0.1) is 0 Å². The van der Waals surface area contributed by atoms with Gasteiger partial charge in [0.15, 0.2) is 0 Å². The van der Waals surface area contributed by atoms with Gasteiger partial charge in [-0.2, -0.15) is 0 Å². The predicted octanol–water partition coefficient (Wildman–Crippen LogP) is 12.2. The average molecular weight is 562 g/mol. The van der Waals surface area contributed by atoms with Crippen molar-refractivity contribution < 1.29 is 4.42 Å². The van der Waals surface area contributed by atoms with Crippen LogP contribution in [0.5, 0.6) is 0 Å². The largest absolute Gasteiger partial charge is 0.455 e. The first-order valence-electron chi connectivity index (χ1n) is 15.0. The van der Waals surface area contributed by atoms with E-state index in [4.69, 9.17) is 4.42 Å². The summed E-state index contributed by atoms with van der Waals surface area (Å²) in [4.78, 5) is 2.37. The zero-order valence-corrected chi connectivity index (χ0v) is 23.9. The molecule has 0 fully saturated rings. The molecule has 44 heavy (non-hydrogen) atoms. The van der Waals surface area contributed by atoms with Crippen LogP contribution in [0.3, 0.4) is 0 Å². The number of fused-ring (bicyclic) bond motifs is 7. The first-order chi connectivity index (χ1) is 21.8. The number of anilines is 3. The van der Waals surface area contributed by atoms with Gasteiger partial charge in [-0.25, -0.2) is 0 Å². The average Bonchev–Trinajstić information content (AvgIpc) is 3.49. The van der Waals surface area contributed by atoms with Crippen LogP contribution < -0.4 is 4.90 Å². The molecular weight excluding hydrogens is 534 g/mol. The van der Waals surface area contributed by atoms with Crippen LogP contribution in [0.4, 0.5) is 17.1 Å². The molecule has 206 valence electrons. The van der Waals surface area contributed by atoms with Gasteiger partial charge < -0.3 is 9.32 Å². The molecule has 9 aromatic rings. The second kappa shape index (κ2) is 9.86. The molecule has 8 aromatic carbocycles. The summed E-state index contributed by atoms with van der Waals surface area (Å²) in [5.74, 6) is 0. The molecule has 9 rings (SSSR count). The summed E-state index contributed by atoms with van der Waals surface area (Å²) >= 11 is 0. The quantitative estimate of drug-likeness (QED) is 0.199. The molecule has 0 N–H and O–H groups in total. The summed E-state index contributed by atoms with van der Waals surface area (Å²) in [6, 6.07) is 58.4. The Morgan fingerprint density at radius 2 is 1.05 bits per heavy atom. The molecule has 0 atom stereocenters. The highest BCUT2D eigenvalue weighted by atomic mass is 16.3. The Morgan fingerprint density at radius 1 is 0.386 bits per heavy atom. The van der Waals surface area contributed by atoms with Gasteiger partial charge in [-0.3, -0.25) is 0 Å². The standard InChI is InChI=1S/C42H27NO/c1-2-14-31(15-3-1)43(32-23-24-35-30(27-32)22-21-29-12-5-6-16-33(29)35)39-26-25-37(36-19-10-13-28-11-4-7-17-34(28)36)42-41(39)38-18-8-9-20-40(38)44-42/h1-27H. The number of nitrogens with zero attached hydrogens (tertiary/aromatic N) is 1. The monoisotopic (exact) mass is 561 g/mol. The molecule has 2 heteroatoms. The van der Waals surface area contributed by atoms with Gasteiger partial charge in [0.2, 0.25) is 0 Å². The van der Waals surface area contributed by atoms with E-state index in [1.54, 1.807) is 0 Å². The smallest absolute Gasteiger partial charge is 0.145 e. The highest BCUT2D eigenvalue weighted by Crippen LogP contribution is 2.47. The maximum atomic E-state index is 6.74. The van der Waals surface area contributed by atoms with Gasteiger partial charge in [0, 0.05) is 22.3 Å². The number of furan rings is 1. The Hall–Kier alpha value is -5.86. The summed E-state index contributed by atoms with van der Waals surface area (Å²) in [5, 5.41) is 9.63. The number of rotatable bonds is 4. The van der Waals surface area contributed by atoms with Crippen molar-refractivity contribution >= 4 is 71.3 Å². The molecule has 0 unspecified atom stereocenters. The van der Waals surface area contributed by atoms with Gasteiger partial charge in [-0.1, -0.05) is 121 Å². The maximum absolute atomic E-state index is 6.74. The topological polar surface area (TPSA) is 16.4 Å². The summed E-state index contributed by atoms with van der Waals surface area (Å²) in [6.45, 7) is 0. The molecule has 0 saturated heterocycles. The number of para-hydroxylation sites is 2. The fourth-order valence-corrected chi connectivity index (χ4v) is 6.81. The lowest BCUT2D eigenvalue weighted by Crippen LogP contribution is -2.10. The van der Waals surface area contributed by atoms with Crippen molar-refractivity contribution in [3.63, 3.8) is 0 Å². The van der Waals surface area contributed by atoms with Crippen molar-refractivity contribution in [3.05, 3.63) is 164 Å². The SMILES string of the molecule is c1ccc(N(c2ccc3c(ccc4ccccc43)c2)c2ccc(-c3cccc4ccccc34)c3oc4ccccc4c23)cc1. The van der Waals surface area contributed by atoms with Crippen LogP contribution in [0.1, 0.15) is 0 Å². The van der Waals surface area contributed by atoms with Crippen LogP contribution >= 0.6 is 0 Å². The molecule has 0 aliphatic carbocycles.